The van der Waals surface area contributed by atoms with Gasteiger partial charge in [0, 0.05) is 5.38 Å². The second kappa shape index (κ2) is 6.48. The molecule has 4 aromatic rings. The minimum absolute atomic E-state index is 0.220. The number of aromatic nitrogens is 5. The second-order valence-corrected chi connectivity index (χ2v) is 6.43. The number of hydrogen-bond acceptors (Lipinski definition) is 6. The summed E-state index contributed by atoms with van der Waals surface area (Å²) in [5.74, 6) is 0.404. The van der Waals surface area contributed by atoms with Crippen molar-refractivity contribution in [3.63, 3.8) is 0 Å². The predicted octanol–water partition coefficient (Wildman–Crippen LogP) is 2.74. The average molecular weight is 352 g/mol. The van der Waals surface area contributed by atoms with Gasteiger partial charge in [0.15, 0.2) is 5.65 Å². The zero-order valence-electron chi connectivity index (χ0n) is 13.6. The third-order valence-electron chi connectivity index (χ3n) is 3.78. The number of hydrogen-bond donors (Lipinski definition) is 2. The SMILES string of the molecule is CCc1nc(CNc2nc3c(cnn3-c3ccccc3)c(=O)[nH]2)cs1. The van der Waals surface area contributed by atoms with E-state index in [1.54, 1.807) is 16.0 Å². The summed E-state index contributed by atoms with van der Waals surface area (Å²) in [6.07, 6.45) is 2.45. The lowest BCUT2D eigenvalue weighted by atomic mass is 10.3. The first kappa shape index (κ1) is 15.5. The molecule has 0 aliphatic heterocycles. The highest BCUT2D eigenvalue weighted by Gasteiger charge is 2.11. The largest absolute Gasteiger partial charge is 0.350 e. The minimum Gasteiger partial charge on any atom is -0.350 e. The van der Waals surface area contributed by atoms with Crippen molar-refractivity contribution in [2.45, 2.75) is 19.9 Å². The predicted molar refractivity (Wildman–Crippen MR) is 98.3 cm³/mol. The summed E-state index contributed by atoms with van der Waals surface area (Å²) in [6, 6.07) is 9.61. The smallest absolute Gasteiger partial charge is 0.263 e. The molecular weight excluding hydrogens is 336 g/mol. The molecule has 0 radical (unpaired) electrons. The average Bonchev–Trinajstić information content (AvgIpc) is 3.27. The van der Waals surface area contributed by atoms with Gasteiger partial charge in [-0.3, -0.25) is 9.78 Å². The van der Waals surface area contributed by atoms with Gasteiger partial charge in [0.1, 0.15) is 5.39 Å². The summed E-state index contributed by atoms with van der Waals surface area (Å²) < 4.78 is 1.66. The van der Waals surface area contributed by atoms with E-state index in [2.05, 4.69) is 32.3 Å². The Labute approximate surface area is 147 Å². The molecule has 2 N–H and O–H groups in total. The van der Waals surface area contributed by atoms with Gasteiger partial charge in [-0.15, -0.1) is 11.3 Å². The van der Waals surface area contributed by atoms with Crippen LogP contribution in [-0.4, -0.2) is 24.7 Å². The van der Waals surface area contributed by atoms with Crippen molar-refractivity contribution in [1.29, 1.82) is 0 Å². The number of nitrogens with one attached hydrogen (secondary N) is 2. The first-order valence-corrected chi connectivity index (χ1v) is 8.83. The Morgan fingerprint density at radius 3 is 2.84 bits per heavy atom. The lowest BCUT2D eigenvalue weighted by molar-refractivity contribution is 0.892. The number of anilines is 1. The Hall–Kier alpha value is -3.00. The molecule has 0 saturated carbocycles. The minimum atomic E-state index is -0.220. The number of rotatable bonds is 5. The molecule has 4 rings (SSSR count). The molecule has 0 amide bonds. The first-order valence-electron chi connectivity index (χ1n) is 7.95. The van der Waals surface area contributed by atoms with Crippen LogP contribution in [0.3, 0.4) is 0 Å². The number of fused-ring (bicyclic) bond motifs is 1. The van der Waals surface area contributed by atoms with Crippen LogP contribution >= 0.6 is 11.3 Å². The van der Waals surface area contributed by atoms with Gasteiger partial charge in [-0.2, -0.15) is 10.1 Å². The number of benzene rings is 1. The molecule has 8 heteroatoms. The van der Waals surface area contributed by atoms with Gasteiger partial charge in [-0.05, 0) is 18.6 Å². The molecule has 3 heterocycles. The maximum absolute atomic E-state index is 12.3. The van der Waals surface area contributed by atoms with Crippen molar-refractivity contribution in [2.75, 3.05) is 5.32 Å². The Bertz CT molecular complexity index is 1070. The van der Waals surface area contributed by atoms with Crippen LogP contribution in [0.5, 0.6) is 0 Å². The van der Waals surface area contributed by atoms with E-state index in [9.17, 15) is 4.79 Å². The van der Waals surface area contributed by atoms with E-state index in [4.69, 9.17) is 0 Å². The van der Waals surface area contributed by atoms with Crippen LogP contribution in [0.4, 0.5) is 5.95 Å². The molecular formula is C17H16N6OS. The highest BCUT2D eigenvalue weighted by atomic mass is 32.1. The molecule has 25 heavy (non-hydrogen) atoms. The lowest BCUT2D eigenvalue weighted by Gasteiger charge is -2.05. The molecule has 0 bridgehead atoms. The van der Waals surface area contributed by atoms with Crippen LogP contribution in [0.1, 0.15) is 17.6 Å². The number of H-pyrrole nitrogens is 1. The zero-order chi connectivity index (χ0) is 17.2. The van der Waals surface area contributed by atoms with Crippen molar-refractivity contribution in [1.82, 2.24) is 24.7 Å². The molecule has 1 aromatic carbocycles. The molecule has 7 nitrogen and oxygen atoms in total. The highest BCUT2D eigenvalue weighted by Crippen LogP contribution is 2.15. The van der Waals surface area contributed by atoms with Gasteiger partial charge in [-0.1, -0.05) is 25.1 Å². The van der Waals surface area contributed by atoms with E-state index in [0.29, 0.717) is 23.5 Å². The van der Waals surface area contributed by atoms with E-state index in [1.165, 1.54) is 6.20 Å². The first-order chi connectivity index (χ1) is 12.2. The monoisotopic (exact) mass is 352 g/mol. The van der Waals surface area contributed by atoms with Gasteiger partial charge in [0.25, 0.3) is 5.56 Å². The lowest BCUT2D eigenvalue weighted by Crippen LogP contribution is -2.13. The van der Waals surface area contributed by atoms with Crippen LogP contribution in [-0.2, 0) is 13.0 Å². The summed E-state index contributed by atoms with van der Waals surface area (Å²) >= 11 is 1.63. The molecule has 3 aromatic heterocycles. The molecule has 0 atom stereocenters. The second-order valence-electron chi connectivity index (χ2n) is 5.48. The molecule has 0 aliphatic carbocycles. The number of aryl methyl sites for hydroxylation is 1. The van der Waals surface area contributed by atoms with Crippen LogP contribution in [0, 0.1) is 0 Å². The normalized spacial score (nSPS) is 11.1. The fourth-order valence-electron chi connectivity index (χ4n) is 2.53. The van der Waals surface area contributed by atoms with E-state index in [-0.39, 0.29) is 5.56 Å². The highest BCUT2D eigenvalue weighted by molar-refractivity contribution is 7.09. The third-order valence-corrected chi connectivity index (χ3v) is 4.82. The van der Waals surface area contributed by atoms with Crippen molar-refractivity contribution >= 4 is 28.3 Å². The summed E-state index contributed by atoms with van der Waals surface area (Å²) in [7, 11) is 0. The van der Waals surface area contributed by atoms with E-state index >= 15 is 0 Å². The number of nitrogens with zero attached hydrogens (tertiary/aromatic N) is 4. The van der Waals surface area contributed by atoms with Crippen LogP contribution < -0.4 is 10.9 Å². The van der Waals surface area contributed by atoms with Gasteiger partial charge >= 0.3 is 0 Å². The Kier molecular flexibility index (Phi) is 4.02. The quantitative estimate of drug-likeness (QED) is 0.576. The topological polar surface area (TPSA) is 88.5 Å². The maximum atomic E-state index is 12.3. The maximum Gasteiger partial charge on any atom is 0.263 e. The molecule has 0 unspecified atom stereocenters. The van der Waals surface area contributed by atoms with Crippen molar-refractivity contribution in [3.8, 4) is 5.69 Å². The number of aromatic amines is 1. The van der Waals surface area contributed by atoms with Crippen LogP contribution in [0.2, 0.25) is 0 Å². The van der Waals surface area contributed by atoms with Crippen molar-refractivity contribution < 1.29 is 0 Å². The third kappa shape index (κ3) is 3.03. The fraction of sp³-hybridized carbons (Fsp3) is 0.176. The van der Waals surface area contributed by atoms with E-state index in [0.717, 1.165) is 22.8 Å². The van der Waals surface area contributed by atoms with Crippen molar-refractivity contribution in [3.05, 3.63) is 63.0 Å². The molecule has 0 fully saturated rings. The van der Waals surface area contributed by atoms with Gasteiger partial charge < -0.3 is 5.32 Å². The van der Waals surface area contributed by atoms with E-state index < -0.39 is 0 Å². The molecule has 0 aliphatic rings. The summed E-state index contributed by atoms with van der Waals surface area (Å²) in [6.45, 7) is 2.58. The standard InChI is InChI=1S/C17H16N6OS/c1-2-14-20-11(10-25-14)8-18-17-21-15-13(16(24)22-17)9-19-23(15)12-6-4-3-5-7-12/h3-7,9-10H,2,8H2,1H3,(H2,18,21,22,24). The van der Waals surface area contributed by atoms with Gasteiger partial charge in [0.2, 0.25) is 5.95 Å². The van der Waals surface area contributed by atoms with E-state index in [1.807, 2.05) is 35.7 Å². The fourth-order valence-corrected chi connectivity index (χ4v) is 3.27. The Morgan fingerprint density at radius 2 is 2.08 bits per heavy atom. The number of thiazole rings is 1. The van der Waals surface area contributed by atoms with Gasteiger partial charge in [-0.25, -0.2) is 9.67 Å². The molecule has 126 valence electrons. The Morgan fingerprint density at radius 1 is 1.24 bits per heavy atom. The molecule has 0 spiro atoms. The number of para-hydroxylation sites is 1. The summed E-state index contributed by atoms with van der Waals surface area (Å²) in [5.41, 5.74) is 2.09. The Balaban J connectivity index is 1.67. The van der Waals surface area contributed by atoms with Crippen LogP contribution in [0.25, 0.3) is 16.7 Å². The van der Waals surface area contributed by atoms with Crippen LogP contribution in [0.15, 0.2) is 46.7 Å². The zero-order valence-corrected chi connectivity index (χ0v) is 14.4. The summed E-state index contributed by atoms with van der Waals surface area (Å²) in [5, 5.41) is 11.0. The molecule has 0 saturated heterocycles. The van der Waals surface area contributed by atoms with Crippen molar-refractivity contribution in [2.24, 2.45) is 0 Å². The van der Waals surface area contributed by atoms with Gasteiger partial charge in [0.05, 0.1) is 29.1 Å². The summed E-state index contributed by atoms with van der Waals surface area (Å²) in [4.78, 5) is 24.1.